The molecule has 1 aromatic rings. The van der Waals surface area contributed by atoms with E-state index in [4.69, 9.17) is 4.74 Å². The molecule has 0 aromatic heterocycles. The van der Waals surface area contributed by atoms with Crippen molar-refractivity contribution in [2.24, 2.45) is 0 Å². The molecule has 1 aromatic carbocycles. The molecule has 0 unspecified atom stereocenters. The fourth-order valence-electron chi connectivity index (χ4n) is 2.33. The van der Waals surface area contributed by atoms with Crippen LogP contribution in [0.25, 0.3) is 0 Å². The van der Waals surface area contributed by atoms with Crippen molar-refractivity contribution in [1.29, 1.82) is 0 Å². The van der Waals surface area contributed by atoms with Crippen LogP contribution in [0.1, 0.15) is 19.4 Å². The lowest BCUT2D eigenvalue weighted by atomic mass is 10.1. The Kier molecular flexibility index (Phi) is 5.16. The van der Waals surface area contributed by atoms with Gasteiger partial charge in [-0.05, 0) is 44.0 Å². The summed E-state index contributed by atoms with van der Waals surface area (Å²) in [5.74, 6) is 0.623. The molecule has 4 heteroatoms. The van der Waals surface area contributed by atoms with Crippen molar-refractivity contribution >= 4 is 0 Å². The standard InChI is InChI=1S/C15H23FN2O/c1-12(2)19-15-4-3-14(16)11-13(15)5-8-18-9-6-17-7-10-18/h3-4,11-12,17H,5-10H2,1-2H3. The zero-order valence-corrected chi connectivity index (χ0v) is 11.8. The summed E-state index contributed by atoms with van der Waals surface area (Å²) in [5.41, 5.74) is 0.965. The van der Waals surface area contributed by atoms with Crippen LogP contribution >= 0.6 is 0 Å². The molecule has 0 aliphatic carbocycles. The summed E-state index contributed by atoms with van der Waals surface area (Å²) in [4.78, 5) is 2.40. The second kappa shape index (κ2) is 6.87. The van der Waals surface area contributed by atoms with E-state index in [-0.39, 0.29) is 11.9 Å². The number of hydrogen-bond donors (Lipinski definition) is 1. The molecule has 0 amide bonds. The van der Waals surface area contributed by atoms with Crippen LogP contribution in [0.4, 0.5) is 4.39 Å². The quantitative estimate of drug-likeness (QED) is 0.883. The minimum atomic E-state index is -0.189. The normalized spacial score (nSPS) is 16.8. The van der Waals surface area contributed by atoms with Gasteiger partial charge in [0.25, 0.3) is 0 Å². The molecule has 0 saturated carbocycles. The summed E-state index contributed by atoms with van der Waals surface area (Å²) in [6.45, 7) is 9.15. The van der Waals surface area contributed by atoms with Crippen molar-refractivity contribution in [1.82, 2.24) is 10.2 Å². The van der Waals surface area contributed by atoms with Gasteiger partial charge in [-0.25, -0.2) is 4.39 Å². The Balaban J connectivity index is 1.98. The van der Waals surface area contributed by atoms with Crippen LogP contribution < -0.4 is 10.1 Å². The van der Waals surface area contributed by atoms with Gasteiger partial charge in [0.1, 0.15) is 11.6 Å². The monoisotopic (exact) mass is 266 g/mol. The predicted octanol–water partition coefficient (Wildman–Crippen LogP) is 2.06. The van der Waals surface area contributed by atoms with E-state index in [0.29, 0.717) is 0 Å². The van der Waals surface area contributed by atoms with Crippen molar-refractivity contribution in [3.05, 3.63) is 29.6 Å². The molecule has 0 atom stereocenters. The number of nitrogens with one attached hydrogen (secondary N) is 1. The van der Waals surface area contributed by atoms with Gasteiger partial charge in [0, 0.05) is 32.7 Å². The van der Waals surface area contributed by atoms with Gasteiger partial charge in [0.05, 0.1) is 6.10 Å². The Morgan fingerprint density at radius 2 is 2.05 bits per heavy atom. The first kappa shape index (κ1) is 14.3. The van der Waals surface area contributed by atoms with Gasteiger partial charge in [0.2, 0.25) is 0 Å². The molecule has 0 spiro atoms. The fourth-order valence-corrected chi connectivity index (χ4v) is 2.33. The average Bonchev–Trinajstić information content (AvgIpc) is 2.40. The lowest BCUT2D eigenvalue weighted by Gasteiger charge is -2.27. The third kappa shape index (κ3) is 4.48. The molecule has 0 radical (unpaired) electrons. The SMILES string of the molecule is CC(C)Oc1ccc(F)cc1CCN1CCNCC1. The molecule has 0 bridgehead atoms. The maximum Gasteiger partial charge on any atom is 0.123 e. The van der Waals surface area contributed by atoms with Gasteiger partial charge < -0.3 is 15.0 Å². The highest BCUT2D eigenvalue weighted by Crippen LogP contribution is 2.22. The molecule has 19 heavy (non-hydrogen) atoms. The number of piperazine rings is 1. The summed E-state index contributed by atoms with van der Waals surface area (Å²) in [6.07, 6.45) is 0.947. The fraction of sp³-hybridized carbons (Fsp3) is 0.600. The van der Waals surface area contributed by atoms with Gasteiger partial charge >= 0.3 is 0 Å². The van der Waals surface area contributed by atoms with Crippen LogP contribution in [0.5, 0.6) is 5.75 Å². The number of benzene rings is 1. The minimum Gasteiger partial charge on any atom is -0.491 e. The van der Waals surface area contributed by atoms with Crippen LogP contribution in [0.2, 0.25) is 0 Å². The Morgan fingerprint density at radius 3 is 2.74 bits per heavy atom. The smallest absolute Gasteiger partial charge is 0.123 e. The van der Waals surface area contributed by atoms with E-state index in [1.165, 1.54) is 6.07 Å². The number of ether oxygens (including phenoxy) is 1. The van der Waals surface area contributed by atoms with Crippen molar-refractivity contribution in [3.63, 3.8) is 0 Å². The van der Waals surface area contributed by atoms with E-state index in [2.05, 4.69) is 10.2 Å². The highest BCUT2D eigenvalue weighted by atomic mass is 19.1. The van der Waals surface area contributed by atoms with Crippen LogP contribution in [0.15, 0.2) is 18.2 Å². The summed E-state index contributed by atoms with van der Waals surface area (Å²) < 4.78 is 19.1. The molecule has 1 fully saturated rings. The zero-order chi connectivity index (χ0) is 13.7. The average molecular weight is 266 g/mol. The molecular weight excluding hydrogens is 243 g/mol. The first-order valence-electron chi connectivity index (χ1n) is 7.03. The van der Waals surface area contributed by atoms with Crippen LogP contribution in [-0.4, -0.2) is 43.7 Å². The van der Waals surface area contributed by atoms with E-state index in [1.807, 2.05) is 13.8 Å². The largest absolute Gasteiger partial charge is 0.491 e. The molecule has 3 nitrogen and oxygen atoms in total. The molecular formula is C15H23FN2O. The summed E-state index contributed by atoms with van der Waals surface area (Å²) in [6, 6.07) is 4.80. The summed E-state index contributed by atoms with van der Waals surface area (Å²) in [5, 5.41) is 3.33. The maximum atomic E-state index is 13.4. The van der Waals surface area contributed by atoms with Crippen molar-refractivity contribution in [3.8, 4) is 5.75 Å². The molecule has 1 aliphatic heterocycles. The molecule has 2 rings (SSSR count). The van der Waals surface area contributed by atoms with E-state index < -0.39 is 0 Å². The van der Waals surface area contributed by atoms with Crippen LogP contribution in [-0.2, 0) is 6.42 Å². The highest BCUT2D eigenvalue weighted by Gasteiger charge is 2.12. The second-order valence-electron chi connectivity index (χ2n) is 5.26. The van der Waals surface area contributed by atoms with Crippen molar-refractivity contribution < 1.29 is 9.13 Å². The van der Waals surface area contributed by atoms with Crippen molar-refractivity contribution in [2.45, 2.75) is 26.4 Å². The highest BCUT2D eigenvalue weighted by molar-refractivity contribution is 5.34. The zero-order valence-electron chi connectivity index (χ0n) is 11.8. The van der Waals surface area contributed by atoms with Gasteiger partial charge in [0.15, 0.2) is 0 Å². The Labute approximate surface area is 114 Å². The topological polar surface area (TPSA) is 24.5 Å². The van der Waals surface area contributed by atoms with Crippen LogP contribution in [0.3, 0.4) is 0 Å². The number of halogens is 1. The predicted molar refractivity (Wildman–Crippen MR) is 75.2 cm³/mol. The van der Waals surface area contributed by atoms with Crippen LogP contribution in [0, 0.1) is 5.82 Å². The van der Waals surface area contributed by atoms with Gasteiger partial charge in [-0.2, -0.15) is 0 Å². The summed E-state index contributed by atoms with van der Waals surface area (Å²) >= 11 is 0. The Bertz CT molecular complexity index is 403. The van der Waals surface area contributed by atoms with E-state index in [1.54, 1.807) is 12.1 Å². The number of hydrogen-bond acceptors (Lipinski definition) is 3. The van der Waals surface area contributed by atoms with E-state index in [0.717, 1.165) is 50.5 Å². The molecule has 1 N–H and O–H groups in total. The summed E-state index contributed by atoms with van der Waals surface area (Å²) in [7, 11) is 0. The lowest BCUT2D eigenvalue weighted by molar-refractivity contribution is 0.230. The Hall–Kier alpha value is -1.13. The minimum absolute atomic E-state index is 0.114. The molecule has 106 valence electrons. The third-order valence-corrected chi connectivity index (χ3v) is 3.29. The lowest BCUT2D eigenvalue weighted by Crippen LogP contribution is -2.44. The van der Waals surface area contributed by atoms with Crippen molar-refractivity contribution in [2.75, 3.05) is 32.7 Å². The van der Waals surface area contributed by atoms with Gasteiger partial charge in [-0.3, -0.25) is 0 Å². The maximum absolute atomic E-state index is 13.4. The third-order valence-electron chi connectivity index (χ3n) is 3.29. The molecule has 1 heterocycles. The van der Waals surface area contributed by atoms with Gasteiger partial charge in [-0.15, -0.1) is 0 Å². The first-order valence-corrected chi connectivity index (χ1v) is 7.03. The molecule has 1 saturated heterocycles. The number of rotatable bonds is 5. The Morgan fingerprint density at radius 1 is 1.32 bits per heavy atom. The molecule has 1 aliphatic rings. The second-order valence-corrected chi connectivity index (χ2v) is 5.26. The van der Waals surface area contributed by atoms with E-state index in [9.17, 15) is 4.39 Å². The first-order chi connectivity index (χ1) is 9.15. The van der Waals surface area contributed by atoms with Gasteiger partial charge in [-0.1, -0.05) is 0 Å². The number of nitrogens with zero attached hydrogens (tertiary/aromatic N) is 1. The van der Waals surface area contributed by atoms with E-state index >= 15 is 0 Å².